The molecule has 4 rings (SSSR count). The number of rotatable bonds is 4. The Labute approximate surface area is 151 Å². The summed E-state index contributed by atoms with van der Waals surface area (Å²) in [7, 11) is 0. The SMILES string of the molecule is O=C(O)c1ccc(-n2ccc(-c3ccc(-c4ccccc4)cc3)n2)cc1. The molecule has 1 aromatic heterocycles. The molecule has 0 fully saturated rings. The molecule has 0 amide bonds. The Balaban J connectivity index is 1.59. The fourth-order valence-corrected chi connectivity index (χ4v) is 2.84. The molecule has 126 valence electrons. The minimum absolute atomic E-state index is 0.262. The first-order valence-electron chi connectivity index (χ1n) is 8.26. The first-order valence-corrected chi connectivity index (χ1v) is 8.26. The van der Waals surface area contributed by atoms with E-state index in [1.807, 2.05) is 30.5 Å². The summed E-state index contributed by atoms with van der Waals surface area (Å²) in [5.41, 5.74) is 5.33. The van der Waals surface area contributed by atoms with E-state index in [0.29, 0.717) is 0 Å². The first-order chi connectivity index (χ1) is 12.7. The molecule has 0 atom stereocenters. The molecule has 0 saturated heterocycles. The lowest BCUT2D eigenvalue weighted by Crippen LogP contribution is -1.98. The van der Waals surface area contributed by atoms with Crippen molar-refractivity contribution in [2.75, 3.05) is 0 Å². The highest BCUT2D eigenvalue weighted by atomic mass is 16.4. The average Bonchev–Trinajstić information content (AvgIpc) is 3.19. The molecular weight excluding hydrogens is 324 g/mol. The van der Waals surface area contributed by atoms with Crippen LogP contribution in [0.3, 0.4) is 0 Å². The summed E-state index contributed by atoms with van der Waals surface area (Å²) in [6, 6.07) is 27.1. The van der Waals surface area contributed by atoms with Crippen LogP contribution in [0.1, 0.15) is 10.4 Å². The number of carboxylic acids is 1. The molecule has 26 heavy (non-hydrogen) atoms. The summed E-state index contributed by atoms with van der Waals surface area (Å²) in [4.78, 5) is 10.9. The number of hydrogen-bond donors (Lipinski definition) is 1. The fourth-order valence-electron chi connectivity index (χ4n) is 2.84. The second kappa shape index (κ2) is 6.69. The van der Waals surface area contributed by atoms with Gasteiger partial charge in [-0.1, -0.05) is 54.6 Å². The van der Waals surface area contributed by atoms with Gasteiger partial charge in [-0.3, -0.25) is 0 Å². The van der Waals surface area contributed by atoms with Crippen molar-refractivity contribution in [3.63, 3.8) is 0 Å². The van der Waals surface area contributed by atoms with E-state index < -0.39 is 5.97 Å². The van der Waals surface area contributed by atoms with Crippen LogP contribution in [-0.4, -0.2) is 20.9 Å². The quantitative estimate of drug-likeness (QED) is 0.574. The van der Waals surface area contributed by atoms with E-state index in [2.05, 4.69) is 41.5 Å². The van der Waals surface area contributed by atoms with Gasteiger partial charge in [0.05, 0.1) is 16.9 Å². The van der Waals surface area contributed by atoms with Crippen molar-refractivity contribution < 1.29 is 9.90 Å². The molecule has 0 bridgehead atoms. The zero-order chi connectivity index (χ0) is 17.9. The normalized spacial score (nSPS) is 10.6. The first kappa shape index (κ1) is 15.8. The van der Waals surface area contributed by atoms with Gasteiger partial charge in [-0.05, 0) is 41.5 Å². The van der Waals surface area contributed by atoms with Crippen molar-refractivity contribution in [1.82, 2.24) is 9.78 Å². The van der Waals surface area contributed by atoms with Gasteiger partial charge in [0.25, 0.3) is 0 Å². The highest BCUT2D eigenvalue weighted by Crippen LogP contribution is 2.24. The molecule has 4 heteroatoms. The lowest BCUT2D eigenvalue weighted by atomic mass is 10.0. The highest BCUT2D eigenvalue weighted by molar-refractivity contribution is 5.87. The number of aromatic carboxylic acids is 1. The molecule has 0 saturated carbocycles. The summed E-state index contributed by atoms with van der Waals surface area (Å²) >= 11 is 0. The predicted molar refractivity (Wildman–Crippen MR) is 101 cm³/mol. The van der Waals surface area contributed by atoms with Crippen LogP contribution in [-0.2, 0) is 0 Å². The molecule has 1 N–H and O–H groups in total. The number of carboxylic acid groups (broad SMARTS) is 1. The summed E-state index contributed by atoms with van der Waals surface area (Å²) in [5, 5.41) is 13.6. The van der Waals surface area contributed by atoms with Crippen LogP contribution in [0.5, 0.6) is 0 Å². The van der Waals surface area contributed by atoms with Gasteiger partial charge in [0, 0.05) is 11.8 Å². The smallest absolute Gasteiger partial charge is 0.335 e. The minimum Gasteiger partial charge on any atom is -0.478 e. The number of benzene rings is 3. The van der Waals surface area contributed by atoms with E-state index >= 15 is 0 Å². The van der Waals surface area contributed by atoms with Crippen LogP contribution in [0, 0.1) is 0 Å². The number of aromatic nitrogens is 2. The Hall–Kier alpha value is -3.66. The predicted octanol–water partition coefficient (Wildman–Crippen LogP) is 4.90. The molecule has 4 aromatic rings. The fraction of sp³-hybridized carbons (Fsp3) is 0. The molecule has 0 radical (unpaired) electrons. The second-order valence-electron chi connectivity index (χ2n) is 5.94. The van der Waals surface area contributed by atoms with E-state index in [1.165, 1.54) is 5.56 Å². The van der Waals surface area contributed by atoms with Crippen LogP contribution in [0.2, 0.25) is 0 Å². The van der Waals surface area contributed by atoms with Gasteiger partial charge < -0.3 is 5.11 Å². The van der Waals surface area contributed by atoms with Gasteiger partial charge in [-0.25, -0.2) is 9.48 Å². The molecule has 1 heterocycles. The Morgan fingerprint density at radius 2 is 1.35 bits per heavy atom. The van der Waals surface area contributed by atoms with Crippen LogP contribution >= 0.6 is 0 Å². The van der Waals surface area contributed by atoms with Gasteiger partial charge in [0.15, 0.2) is 0 Å². The topological polar surface area (TPSA) is 55.1 Å². The van der Waals surface area contributed by atoms with Crippen molar-refractivity contribution in [2.24, 2.45) is 0 Å². The van der Waals surface area contributed by atoms with Gasteiger partial charge in [0.2, 0.25) is 0 Å². The monoisotopic (exact) mass is 340 g/mol. The van der Waals surface area contributed by atoms with Gasteiger partial charge in [0.1, 0.15) is 0 Å². The minimum atomic E-state index is -0.934. The third-order valence-corrected chi connectivity index (χ3v) is 4.26. The van der Waals surface area contributed by atoms with Crippen molar-refractivity contribution in [3.8, 4) is 28.1 Å². The van der Waals surface area contributed by atoms with Crippen molar-refractivity contribution in [3.05, 3.63) is 96.7 Å². The number of nitrogens with zero attached hydrogens (tertiary/aromatic N) is 2. The molecule has 0 unspecified atom stereocenters. The zero-order valence-electron chi connectivity index (χ0n) is 13.9. The zero-order valence-corrected chi connectivity index (χ0v) is 13.9. The largest absolute Gasteiger partial charge is 0.478 e. The lowest BCUT2D eigenvalue weighted by Gasteiger charge is -2.04. The van der Waals surface area contributed by atoms with E-state index in [1.54, 1.807) is 28.9 Å². The third kappa shape index (κ3) is 3.13. The number of hydrogen-bond acceptors (Lipinski definition) is 2. The van der Waals surface area contributed by atoms with Gasteiger partial charge in [-0.15, -0.1) is 0 Å². The maximum atomic E-state index is 10.9. The summed E-state index contributed by atoms with van der Waals surface area (Å²) < 4.78 is 1.74. The van der Waals surface area contributed by atoms with Crippen LogP contribution < -0.4 is 0 Å². The van der Waals surface area contributed by atoms with E-state index in [0.717, 1.165) is 22.5 Å². The molecule has 0 aliphatic carbocycles. The van der Waals surface area contributed by atoms with Crippen LogP contribution in [0.4, 0.5) is 0 Å². The van der Waals surface area contributed by atoms with E-state index in [4.69, 9.17) is 5.11 Å². The Kier molecular flexibility index (Phi) is 4.07. The third-order valence-electron chi connectivity index (χ3n) is 4.26. The summed E-state index contributed by atoms with van der Waals surface area (Å²) in [6.45, 7) is 0. The molecular formula is C22H16N2O2. The number of carbonyl (C=O) groups is 1. The lowest BCUT2D eigenvalue weighted by molar-refractivity contribution is 0.0697. The van der Waals surface area contributed by atoms with Crippen molar-refractivity contribution in [1.29, 1.82) is 0 Å². The second-order valence-corrected chi connectivity index (χ2v) is 5.94. The average molecular weight is 340 g/mol. The van der Waals surface area contributed by atoms with Crippen molar-refractivity contribution >= 4 is 5.97 Å². The molecule has 0 spiro atoms. The summed E-state index contributed by atoms with van der Waals surface area (Å²) in [5.74, 6) is -0.934. The molecule has 4 nitrogen and oxygen atoms in total. The Bertz CT molecular complexity index is 1030. The Morgan fingerprint density at radius 3 is 2.00 bits per heavy atom. The highest BCUT2D eigenvalue weighted by Gasteiger charge is 2.06. The molecule has 3 aromatic carbocycles. The van der Waals surface area contributed by atoms with Gasteiger partial charge >= 0.3 is 5.97 Å². The maximum absolute atomic E-state index is 10.9. The van der Waals surface area contributed by atoms with E-state index in [9.17, 15) is 4.79 Å². The van der Waals surface area contributed by atoms with Gasteiger partial charge in [-0.2, -0.15) is 5.10 Å². The van der Waals surface area contributed by atoms with E-state index in [-0.39, 0.29) is 5.56 Å². The molecule has 0 aliphatic heterocycles. The Morgan fingerprint density at radius 1 is 0.731 bits per heavy atom. The molecule has 0 aliphatic rings. The van der Waals surface area contributed by atoms with Crippen molar-refractivity contribution in [2.45, 2.75) is 0 Å². The maximum Gasteiger partial charge on any atom is 0.335 e. The summed E-state index contributed by atoms with van der Waals surface area (Å²) in [6.07, 6.45) is 1.87. The van der Waals surface area contributed by atoms with Crippen LogP contribution in [0.15, 0.2) is 91.1 Å². The standard InChI is InChI=1S/C22H16N2O2/c25-22(26)19-10-12-20(13-11-19)24-15-14-21(23-24)18-8-6-17(7-9-18)16-4-2-1-3-5-16/h1-15H,(H,25,26). The van der Waals surface area contributed by atoms with Crippen LogP contribution in [0.25, 0.3) is 28.1 Å².